The number of hydrogen-bond donors (Lipinski definition) is 3. The van der Waals surface area contributed by atoms with E-state index in [2.05, 4.69) is 0 Å². The average molecular weight is 494 g/mol. The largest absolute Gasteiger partial charge is 0.506 e. The lowest BCUT2D eigenvalue weighted by Gasteiger charge is -2.33. The highest BCUT2D eigenvalue weighted by Gasteiger charge is 2.50. The third-order valence-corrected chi connectivity index (χ3v) is 6.99. The predicted molar refractivity (Wildman–Crippen MR) is 114 cm³/mol. The quantitative estimate of drug-likeness (QED) is 0.311. The molecule has 29 heavy (non-hydrogen) atoms. The van der Waals surface area contributed by atoms with Gasteiger partial charge in [-0.2, -0.15) is 8.42 Å². The summed E-state index contributed by atoms with van der Waals surface area (Å²) in [5.41, 5.74) is -0.276. The van der Waals surface area contributed by atoms with Crippen molar-refractivity contribution in [1.29, 1.82) is 0 Å². The van der Waals surface area contributed by atoms with E-state index in [1.807, 2.05) is 0 Å². The average Bonchev–Trinajstić information content (AvgIpc) is 2.61. The Morgan fingerprint density at radius 1 is 0.759 bits per heavy atom. The molecule has 0 aliphatic heterocycles. The maximum Gasteiger partial charge on any atom is 0.283 e. The van der Waals surface area contributed by atoms with Crippen LogP contribution in [-0.2, 0) is 14.9 Å². The summed E-state index contributed by atoms with van der Waals surface area (Å²) in [4.78, 5) is 0. The third kappa shape index (κ3) is 3.77. The maximum absolute atomic E-state index is 13.0. The van der Waals surface area contributed by atoms with Crippen molar-refractivity contribution < 1.29 is 23.2 Å². The second-order valence-corrected chi connectivity index (χ2v) is 9.34. The molecule has 0 saturated carbocycles. The normalized spacial score (nSPS) is 13.8. The molecule has 1 unspecified atom stereocenters. The molecular weight excluding hydrogens is 482 g/mol. The maximum atomic E-state index is 13.0. The summed E-state index contributed by atoms with van der Waals surface area (Å²) >= 11 is 24.4. The van der Waals surface area contributed by atoms with E-state index in [1.54, 1.807) is 0 Å². The minimum absolute atomic E-state index is 0.0119. The second kappa shape index (κ2) is 7.87. The standard InChI is InChI=1S/C19H12Cl4O5S/c20-12-3-1-2-10(6-12)19(29(26,27)28,11-4-5-16(24)15(22)7-11)14-8-13(21)9-17(25)18(14)23/h1-9,24-25H,(H,26,27,28). The summed E-state index contributed by atoms with van der Waals surface area (Å²) in [5.74, 6) is -0.792. The molecule has 0 saturated heterocycles. The summed E-state index contributed by atoms with van der Waals surface area (Å²) in [6, 6.07) is 11.7. The van der Waals surface area contributed by atoms with Crippen LogP contribution in [0.5, 0.6) is 11.5 Å². The van der Waals surface area contributed by atoms with Crippen LogP contribution in [0.3, 0.4) is 0 Å². The third-order valence-electron chi connectivity index (χ3n) is 4.37. The van der Waals surface area contributed by atoms with Crippen LogP contribution in [-0.4, -0.2) is 23.2 Å². The van der Waals surface area contributed by atoms with Crippen molar-refractivity contribution in [1.82, 2.24) is 0 Å². The van der Waals surface area contributed by atoms with Crippen LogP contribution in [0.15, 0.2) is 54.6 Å². The van der Waals surface area contributed by atoms with E-state index in [-0.39, 0.29) is 42.5 Å². The van der Waals surface area contributed by atoms with Gasteiger partial charge in [0.1, 0.15) is 11.5 Å². The first-order valence-corrected chi connectivity index (χ1v) is 10.8. The van der Waals surface area contributed by atoms with Crippen molar-refractivity contribution in [2.45, 2.75) is 4.75 Å². The van der Waals surface area contributed by atoms with Crippen LogP contribution in [0, 0.1) is 0 Å². The fourth-order valence-electron chi connectivity index (χ4n) is 3.18. The summed E-state index contributed by atoms with van der Waals surface area (Å²) in [6.07, 6.45) is 0. The number of phenols is 2. The van der Waals surface area contributed by atoms with Crippen molar-refractivity contribution in [3.8, 4) is 11.5 Å². The Hall–Kier alpha value is -1.67. The molecule has 0 amide bonds. The molecule has 3 rings (SSSR count). The molecule has 0 bridgehead atoms. The van der Waals surface area contributed by atoms with Gasteiger partial charge < -0.3 is 10.2 Å². The number of halogens is 4. The van der Waals surface area contributed by atoms with Crippen LogP contribution in [0.25, 0.3) is 0 Å². The van der Waals surface area contributed by atoms with Gasteiger partial charge in [-0.05, 0) is 41.5 Å². The molecule has 0 radical (unpaired) electrons. The van der Waals surface area contributed by atoms with E-state index in [9.17, 15) is 23.2 Å². The Labute approximate surface area is 186 Å². The van der Waals surface area contributed by atoms with Crippen molar-refractivity contribution in [3.05, 3.63) is 91.4 Å². The molecule has 3 N–H and O–H groups in total. The first-order valence-electron chi connectivity index (χ1n) is 7.89. The predicted octanol–water partition coefficient (Wildman–Crippen LogP) is 5.89. The fourth-order valence-corrected chi connectivity index (χ4v) is 5.36. The van der Waals surface area contributed by atoms with Gasteiger partial charge in [-0.3, -0.25) is 4.55 Å². The topological polar surface area (TPSA) is 94.8 Å². The monoisotopic (exact) mass is 492 g/mol. The van der Waals surface area contributed by atoms with Crippen molar-refractivity contribution >= 4 is 56.5 Å². The molecule has 0 aliphatic rings. The second-order valence-electron chi connectivity index (χ2n) is 6.12. The van der Waals surface area contributed by atoms with Crippen LogP contribution in [0.2, 0.25) is 20.1 Å². The lowest BCUT2D eigenvalue weighted by molar-refractivity contribution is 0.455. The van der Waals surface area contributed by atoms with Crippen LogP contribution < -0.4 is 0 Å². The Kier molecular flexibility index (Phi) is 5.98. The number of aromatic hydroxyl groups is 2. The number of rotatable bonds is 4. The van der Waals surface area contributed by atoms with E-state index < -0.39 is 20.6 Å². The molecule has 152 valence electrons. The zero-order chi connectivity index (χ0) is 21.6. The van der Waals surface area contributed by atoms with Gasteiger partial charge in [0.05, 0.1) is 10.0 Å². The van der Waals surface area contributed by atoms with Gasteiger partial charge in [0.25, 0.3) is 10.1 Å². The minimum Gasteiger partial charge on any atom is -0.506 e. The summed E-state index contributed by atoms with van der Waals surface area (Å²) in [5, 5.41) is 19.6. The van der Waals surface area contributed by atoms with Crippen molar-refractivity contribution in [3.63, 3.8) is 0 Å². The fraction of sp³-hybridized carbons (Fsp3) is 0.0526. The highest BCUT2D eigenvalue weighted by atomic mass is 35.5. The van der Waals surface area contributed by atoms with E-state index in [0.717, 1.165) is 6.07 Å². The van der Waals surface area contributed by atoms with Gasteiger partial charge in [0.15, 0.2) is 4.75 Å². The molecule has 0 fully saturated rings. The first kappa shape index (κ1) is 22.0. The lowest BCUT2D eigenvalue weighted by Crippen LogP contribution is -2.38. The lowest BCUT2D eigenvalue weighted by atomic mass is 9.83. The molecule has 0 aliphatic carbocycles. The Bertz CT molecular complexity index is 1210. The number of hydrogen-bond acceptors (Lipinski definition) is 4. The zero-order valence-electron chi connectivity index (χ0n) is 14.3. The van der Waals surface area contributed by atoms with E-state index in [1.165, 1.54) is 48.5 Å². The first-order chi connectivity index (χ1) is 13.5. The Morgan fingerprint density at radius 2 is 1.41 bits per heavy atom. The zero-order valence-corrected chi connectivity index (χ0v) is 18.1. The van der Waals surface area contributed by atoms with E-state index in [4.69, 9.17) is 46.4 Å². The SMILES string of the molecule is O=S(=O)(O)C(c1cccc(Cl)c1)(c1ccc(O)c(Cl)c1)c1cc(Cl)cc(O)c1Cl. The Balaban J connectivity index is 2.60. The van der Waals surface area contributed by atoms with Crippen molar-refractivity contribution in [2.75, 3.05) is 0 Å². The summed E-state index contributed by atoms with van der Waals surface area (Å²) < 4.78 is 34.0. The van der Waals surface area contributed by atoms with E-state index >= 15 is 0 Å². The van der Waals surface area contributed by atoms with Crippen LogP contribution in [0.4, 0.5) is 0 Å². The molecule has 10 heteroatoms. The molecule has 5 nitrogen and oxygen atoms in total. The van der Waals surface area contributed by atoms with E-state index in [0.29, 0.717) is 0 Å². The number of phenolic OH excluding ortho intramolecular Hbond substituents is 2. The van der Waals surface area contributed by atoms with Gasteiger partial charge >= 0.3 is 0 Å². The van der Waals surface area contributed by atoms with Gasteiger partial charge in [0, 0.05) is 21.7 Å². The van der Waals surface area contributed by atoms with Crippen LogP contribution in [0.1, 0.15) is 16.7 Å². The van der Waals surface area contributed by atoms with Crippen molar-refractivity contribution in [2.24, 2.45) is 0 Å². The molecule has 0 aromatic heterocycles. The minimum atomic E-state index is -5.04. The highest BCUT2D eigenvalue weighted by molar-refractivity contribution is 7.87. The van der Waals surface area contributed by atoms with Gasteiger partial charge in [-0.15, -0.1) is 0 Å². The molecule has 3 aromatic carbocycles. The summed E-state index contributed by atoms with van der Waals surface area (Å²) in [7, 11) is -5.04. The molecular formula is C19H12Cl4O5S. The highest BCUT2D eigenvalue weighted by Crippen LogP contribution is 2.50. The summed E-state index contributed by atoms with van der Waals surface area (Å²) in [6.45, 7) is 0. The molecule has 0 heterocycles. The van der Waals surface area contributed by atoms with Gasteiger partial charge in [0.2, 0.25) is 0 Å². The molecule has 3 aromatic rings. The smallest absolute Gasteiger partial charge is 0.283 e. The molecule has 0 spiro atoms. The van der Waals surface area contributed by atoms with Gasteiger partial charge in [-0.1, -0.05) is 64.6 Å². The Morgan fingerprint density at radius 3 is 2.00 bits per heavy atom. The molecule has 1 atom stereocenters. The van der Waals surface area contributed by atoms with Crippen LogP contribution >= 0.6 is 46.4 Å². The van der Waals surface area contributed by atoms with Gasteiger partial charge in [-0.25, -0.2) is 0 Å². The number of benzene rings is 3.